The van der Waals surface area contributed by atoms with Gasteiger partial charge in [-0.15, -0.1) is 0 Å². The molecule has 0 fully saturated rings. The van der Waals surface area contributed by atoms with E-state index < -0.39 is 5.97 Å². The smallest absolute Gasteiger partial charge is 0.354 e. The fourth-order valence-electron chi connectivity index (χ4n) is 3.66. The molecule has 1 aromatic heterocycles. The average molecular weight is 465 g/mol. The van der Waals surface area contributed by atoms with E-state index in [0.717, 1.165) is 30.4 Å². The minimum absolute atomic E-state index is 0.156. The van der Waals surface area contributed by atoms with Gasteiger partial charge in [-0.3, -0.25) is 0 Å². The molecule has 8 nitrogen and oxygen atoms in total. The van der Waals surface area contributed by atoms with Crippen LogP contribution in [0, 0.1) is 6.92 Å². The van der Waals surface area contributed by atoms with Gasteiger partial charge in [-0.05, 0) is 31.4 Å². The summed E-state index contributed by atoms with van der Waals surface area (Å²) in [6.45, 7) is 5.45. The highest BCUT2D eigenvalue weighted by Gasteiger charge is 2.19. The number of carbonyl (C=O) groups is 2. The largest absolute Gasteiger partial charge is 0.491 e. The van der Waals surface area contributed by atoms with Crippen molar-refractivity contribution < 1.29 is 19.4 Å². The van der Waals surface area contributed by atoms with Crippen LogP contribution in [0.25, 0.3) is 11.3 Å². The minimum atomic E-state index is -1.02. The van der Waals surface area contributed by atoms with Crippen LogP contribution in [0.1, 0.15) is 48.7 Å². The Hall–Kier alpha value is -3.81. The molecule has 0 aliphatic heterocycles. The standard InChI is InChI=1S/C26H32N4O4/c1-3-4-8-15-27-26(33)29-22-19(2)11-9-14-21(22)34-17-10-16-30-18-28-23(24(30)25(31)32)20-12-6-5-7-13-20/h5-7,9,11-14,18H,3-4,8,10,15-17H2,1-2H3,(H,31,32)(H2,27,29,33). The van der Waals surface area contributed by atoms with Crippen molar-refractivity contribution in [2.24, 2.45) is 0 Å². The van der Waals surface area contributed by atoms with Crippen LogP contribution in [-0.2, 0) is 6.54 Å². The number of unbranched alkanes of at least 4 members (excludes halogenated alkanes) is 2. The third kappa shape index (κ3) is 6.60. The lowest BCUT2D eigenvalue weighted by atomic mass is 10.1. The lowest BCUT2D eigenvalue weighted by Crippen LogP contribution is -2.30. The van der Waals surface area contributed by atoms with E-state index in [0.29, 0.717) is 43.2 Å². The Balaban J connectivity index is 1.59. The van der Waals surface area contributed by atoms with Gasteiger partial charge < -0.3 is 25.0 Å². The Kier molecular flexibility index (Phi) is 9.08. The van der Waals surface area contributed by atoms with Gasteiger partial charge in [0.15, 0.2) is 5.69 Å². The SMILES string of the molecule is CCCCCNC(=O)Nc1c(C)cccc1OCCCn1cnc(-c2ccccc2)c1C(=O)O. The maximum absolute atomic E-state index is 12.3. The maximum atomic E-state index is 12.3. The first kappa shape index (κ1) is 24.8. The zero-order valence-electron chi connectivity index (χ0n) is 19.7. The second kappa shape index (κ2) is 12.4. The third-order valence-corrected chi connectivity index (χ3v) is 5.43. The van der Waals surface area contributed by atoms with Gasteiger partial charge in [0, 0.05) is 18.7 Å². The first-order valence-electron chi connectivity index (χ1n) is 11.6. The quantitative estimate of drug-likeness (QED) is 0.314. The van der Waals surface area contributed by atoms with Crippen molar-refractivity contribution >= 4 is 17.7 Å². The monoisotopic (exact) mass is 464 g/mol. The van der Waals surface area contributed by atoms with Crippen LogP contribution in [0.2, 0.25) is 0 Å². The molecule has 0 saturated heterocycles. The number of para-hydroxylation sites is 1. The number of amides is 2. The van der Waals surface area contributed by atoms with Crippen LogP contribution in [0.5, 0.6) is 5.75 Å². The zero-order valence-corrected chi connectivity index (χ0v) is 19.7. The second-order valence-electron chi connectivity index (χ2n) is 8.04. The van der Waals surface area contributed by atoms with Gasteiger partial charge in [0.2, 0.25) is 0 Å². The lowest BCUT2D eigenvalue weighted by Gasteiger charge is -2.15. The Morgan fingerprint density at radius 1 is 1.06 bits per heavy atom. The molecule has 0 aliphatic carbocycles. The fraction of sp³-hybridized carbons (Fsp3) is 0.346. The molecule has 8 heteroatoms. The van der Waals surface area contributed by atoms with Gasteiger partial charge >= 0.3 is 12.0 Å². The van der Waals surface area contributed by atoms with Gasteiger partial charge in [-0.1, -0.05) is 62.2 Å². The molecule has 3 N–H and O–H groups in total. The molecule has 3 aromatic rings. The van der Waals surface area contributed by atoms with Gasteiger partial charge in [0.05, 0.1) is 18.6 Å². The third-order valence-electron chi connectivity index (χ3n) is 5.43. The van der Waals surface area contributed by atoms with Crippen molar-refractivity contribution in [2.45, 2.75) is 46.1 Å². The van der Waals surface area contributed by atoms with Gasteiger partial charge in [-0.2, -0.15) is 0 Å². The first-order chi connectivity index (χ1) is 16.5. The number of carboxylic acid groups (broad SMARTS) is 1. The number of imidazole rings is 1. The van der Waals surface area contributed by atoms with Gasteiger partial charge in [-0.25, -0.2) is 14.6 Å². The molecular formula is C26H32N4O4. The number of rotatable bonds is 12. The number of hydrogen-bond donors (Lipinski definition) is 3. The number of nitrogens with zero attached hydrogens (tertiary/aromatic N) is 2. The first-order valence-corrected chi connectivity index (χ1v) is 11.6. The van der Waals surface area contributed by atoms with Gasteiger partial charge in [0.1, 0.15) is 11.4 Å². The Morgan fingerprint density at radius 2 is 1.85 bits per heavy atom. The predicted molar refractivity (Wildman–Crippen MR) is 132 cm³/mol. The summed E-state index contributed by atoms with van der Waals surface area (Å²) in [5.41, 5.74) is 2.90. The van der Waals surface area contributed by atoms with Crippen LogP contribution in [0.15, 0.2) is 54.9 Å². The lowest BCUT2D eigenvalue weighted by molar-refractivity contribution is 0.0685. The normalized spacial score (nSPS) is 10.6. The van der Waals surface area contributed by atoms with E-state index in [1.165, 1.54) is 0 Å². The summed E-state index contributed by atoms with van der Waals surface area (Å²) in [4.78, 5) is 28.5. The van der Waals surface area contributed by atoms with E-state index in [9.17, 15) is 14.7 Å². The summed E-state index contributed by atoms with van der Waals surface area (Å²) in [5, 5.41) is 15.5. The van der Waals surface area contributed by atoms with Crippen molar-refractivity contribution in [2.75, 3.05) is 18.5 Å². The Bertz CT molecular complexity index is 1100. The molecule has 0 unspecified atom stereocenters. The van der Waals surface area contributed by atoms with E-state index >= 15 is 0 Å². The number of aryl methyl sites for hydroxylation is 2. The van der Waals surface area contributed by atoms with Crippen LogP contribution in [-0.4, -0.2) is 39.8 Å². The number of aromatic nitrogens is 2. The van der Waals surface area contributed by atoms with Crippen LogP contribution >= 0.6 is 0 Å². The maximum Gasteiger partial charge on any atom is 0.354 e. The van der Waals surface area contributed by atoms with Gasteiger partial charge in [0.25, 0.3) is 0 Å². The molecule has 0 atom stereocenters. The molecule has 0 saturated carbocycles. The Morgan fingerprint density at radius 3 is 2.59 bits per heavy atom. The topological polar surface area (TPSA) is 105 Å². The molecule has 2 amide bonds. The molecule has 0 aliphatic rings. The summed E-state index contributed by atoms with van der Waals surface area (Å²) < 4.78 is 7.58. The van der Waals surface area contributed by atoms with Crippen LogP contribution in [0.3, 0.4) is 0 Å². The molecule has 2 aromatic carbocycles. The second-order valence-corrected chi connectivity index (χ2v) is 8.04. The van der Waals surface area contributed by atoms with E-state index in [4.69, 9.17) is 4.74 Å². The molecular weight excluding hydrogens is 432 g/mol. The van der Waals surface area contributed by atoms with Crippen molar-refractivity contribution in [1.82, 2.24) is 14.9 Å². The van der Waals surface area contributed by atoms with Crippen molar-refractivity contribution in [3.8, 4) is 17.0 Å². The summed E-state index contributed by atoms with van der Waals surface area (Å²) in [5.74, 6) is -0.440. The van der Waals surface area contributed by atoms with E-state index in [2.05, 4.69) is 22.5 Å². The summed E-state index contributed by atoms with van der Waals surface area (Å²) in [6.07, 6.45) is 5.24. The summed E-state index contributed by atoms with van der Waals surface area (Å²) in [7, 11) is 0. The van der Waals surface area contributed by atoms with Crippen molar-refractivity contribution in [3.63, 3.8) is 0 Å². The number of carbonyl (C=O) groups excluding carboxylic acids is 1. The highest BCUT2D eigenvalue weighted by molar-refractivity contribution is 5.93. The van der Waals surface area contributed by atoms with Crippen molar-refractivity contribution in [1.29, 1.82) is 0 Å². The zero-order chi connectivity index (χ0) is 24.3. The molecule has 0 spiro atoms. The summed E-state index contributed by atoms with van der Waals surface area (Å²) >= 11 is 0. The number of benzene rings is 2. The number of aromatic carboxylic acids is 1. The number of anilines is 1. The fourth-order valence-corrected chi connectivity index (χ4v) is 3.66. The molecule has 34 heavy (non-hydrogen) atoms. The van der Waals surface area contributed by atoms with E-state index in [1.54, 1.807) is 10.9 Å². The number of urea groups is 1. The van der Waals surface area contributed by atoms with Crippen molar-refractivity contribution in [3.05, 3.63) is 66.1 Å². The molecule has 0 radical (unpaired) electrons. The highest BCUT2D eigenvalue weighted by atomic mass is 16.5. The summed E-state index contributed by atoms with van der Waals surface area (Å²) in [6, 6.07) is 14.6. The van der Waals surface area contributed by atoms with E-state index in [-0.39, 0.29) is 11.7 Å². The highest BCUT2D eigenvalue weighted by Crippen LogP contribution is 2.28. The number of nitrogens with one attached hydrogen (secondary N) is 2. The molecule has 0 bridgehead atoms. The average Bonchev–Trinajstić information content (AvgIpc) is 3.26. The molecule has 3 rings (SSSR count). The number of hydrogen-bond acceptors (Lipinski definition) is 4. The molecule has 180 valence electrons. The van der Waals surface area contributed by atoms with Crippen LogP contribution in [0.4, 0.5) is 10.5 Å². The Labute approximate surface area is 200 Å². The van der Waals surface area contributed by atoms with E-state index in [1.807, 2.05) is 55.5 Å². The molecule has 1 heterocycles. The predicted octanol–water partition coefficient (Wildman–Crippen LogP) is 5.34. The number of carboxylic acids is 1. The minimum Gasteiger partial charge on any atom is -0.491 e. The number of ether oxygens (including phenoxy) is 1. The van der Waals surface area contributed by atoms with Crippen LogP contribution < -0.4 is 15.4 Å².